The number of carbonyl (C=O) groups is 1. The van der Waals surface area contributed by atoms with Gasteiger partial charge in [0.2, 0.25) is 5.91 Å². The fourth-order valence-corrected chi connectivity index (χ4v) is 1.43. The predicted molar refractivity (Wildman–Crippen MR) is 40.6 cm³/mol. The first-order chi connectivity index (χ1) is 4.66. The van der Waals surface area contributed by atoms with E-state index < -0.39 is 0 Å². The van der Waals surface area contributed by atoms with Crippen LogP contribution in [0.1, 0.15) is 27.2 Å². The highest BCUT2D eigenvalue weighted by Crippen LogP contribution is 2.18. The Balaban J connectivity index is 2.90. The lowest BCUT2D eigenvalue weighted by Gasteiger charge is -2.05. The third kappa shape index (κ3) is 0.939. The predicted octanol–water partition coefficient (Wildman–Crippen LogP) is 1.23. The number of carbonyl (C=O) groups excluding carboxylic acids is 1. The lowest BCUT2D eigenvalue weighted by molar-refractivity contribution is -0.116. The van der Waals surface area contributed by atoms with E-state index in [1.807, 2.05) is 13.8 Å². The molecule has 0 radical (unpaired) electrons. The Kier molecular flexibility index (Phi) is 1.79. The first-order valence-electron chi connectivity index (χ1n) is 3.67. The van der Waals surface area contributed by atoms with Gasteiger partial charge in [0.05, 0.1) is 0 Å². The molecular weight excluding hydrogens is 126 g/mol. The summed E-state index contributed by atoms with van der Waals surface area (Å²) in [5.74, 6) is 0.101. The summed E-state index contributed by atoms with van der Waals surface area (Å²) in [5.41, 5.74) is 2.17. The van der Waals surface area contributed by atoms with Gasteiger partial charge in [-0.25, -0.2) is 0 Å². The van der Waals surface area contributed by atoms with Gasteiger partial charge in [0.1, 0.15) is 0 Å². The van der Waals surface area contributed by atoms with Crippen LogP contribution in [0.4, 0.5) is 0 Å². The van der Waals surface area contributed by atoms with Crippen molar-refractivity contribution in [2.75, 3.05) is 0 Å². The summed E-state index contributed by atoms with van der Waals surface area (Å²) in [6.45, 7) is 5.99. The molecule has 0 spiro atoms. The Morgan fingerprint density at radius 2 is 2.20 bits per heavy atom. The van der Waals surface area contributed by atoms with Crippen molar-refractivity contribution in [2.45, 2.75) is 33.2 Å². The molecule has 1 N–H and O–H groups in total. The molecule has 1 rings (SSSR count). The molecule has 1 heterocycles. The van der Waals surface area contributed by atoms with Crippen molar-refractivity contribution < 1.29 is 4.79 Å². The zero-order chi connectivity index (χ0) is 7.72. The Hall–Kier alpha value is -0.790. The Morgan fingerprint density at radius 1 is 1.60 bits per heavy atom. The Labute approximate surface area is 61.3 Å². The van der Waals surface area contributed by atoms with Gasteiger partial charge in [0.15, 0.2) is 0 Å². The van der Waals surface area contributed by atoms with E-state index in [1.54, 1.807) is 0 Å². The minimum atomic E-state index is 0.101. The van der Waals surface area contributed by atoms with Gasteiger partial charge in [-0.3, -0.25) is 4.79 Å². The molecule has 0 aromatic heterocycles. The van der Waals surface area contributed by atoms with Crippen molar-refractivity contribution in [2.24, 2.45) is 0 Å². The van der Waals surface area contributed by atoms with Crippen LogP contribution in [-0.2, 0) is 4.79 Å². The molecule has 1 unspecified atom stereocenters. The minimum Gasteiger partial charge on any atom is -0.346 e. The van der Waals surface area contributed by atoms with Crippen molar-refractivity contribution >= 4 is 5.91 Å². The average molecular weight is 139 g/mol. The van der Waals surface area contributed by atoms with Crippen LogP contribution in [0.3, 0.4) is 0 Å². The monoisotopic (exact) mass is 139 g/mol. The first kappa shape index (κ1) is 7.32. The molecule has 10 heavy (non-hydrogen) atoms. The molecule has 0 aromatic rings. The molecule has 1 aliphatic heterocycles. The van der Waals surface area contributed by atoms with Gasteiger partial charge in [0.25, 0.3) is 0 Å². The standard InChI is InChI=1S/C8H13NO/c1-4-7-5(2)8(10)9-6(7)3/h6H,4H2,1-3H3,(H,9,10). The van der Waals surface area contributed by atoms with Gasteiger partial charge in [-0.15, -0.1) is 0 Å². The second-order valence-corrected chi connectivity index (χ2v) is 2.70. The van der Waals surface area contributed by atoms with Gasteiger partial charge >= 0.3 is 0 Å². The molecule has 0 aromatic carbocycles. The van der Waals surface area contributed by atoms with Crippen LogP contribution in [0.2, 0.25) is 0 Å². The van der Waals surface area contributed by atoms with E-state index in [9.17, 15) is 4.79 Å². The number of amides is 1. The molecule has 0 aliphatic carbocycles. The molecule has 0 saturated heterocycles. The van der Waals surface area contributed by atoms with Crippen molar-refractivity contribution in [3.8, 4) is 0 Å². The summed E-state index contributed by atoms with van der Waals surface area (Å²) in [4.78, 5) is 11.0. The molecule has 1 aliphatic rings. The summed E-state index contributed by atoms with van der Waals surface area (Å²) < 4.78 is 0. The minimum absolute atomic E-state index is 0.101. The molecule has 2 nitrogen and oxygen atoms in total. The number of nitrogens with one attached hydrogen (secondary N) is 1. The number of hydrogen-bond acceptors (Lipinski definition) is 1. The Bertz CT molecular complexity index is 193. The van der Waals surface area contributed by atoms with E-state index in [4.69, 9.17) is 0 Å². The van der Waals surface area contributed by atoms with E-state index in [-0.39, 0.29) is 11.9 Å². The van der Waals surface area contributed by atoms with Crippen LogP contribution in [0, 0.1) is 0 Å². The van der Waals surface area contributed by atoms with Crippen LogP contribution in [0.25, 0.3) is 0 Å². The van der Waals surface area contributed by atoms with Gasteiger partial charge in [-0.2, -0.15) is 0 Å². The fraction of sp³-hybridized carbons (Fsp3) is 0.625. The van der Waals surface area contributed by atoms with E-state index in [1.165, 1.54) is 5.57 Å². The smallest absolute Gasteiger partial charge is 0.247 e. The van der Waals surface area contributed by atoms with Crippen molar-refractivity contribution in [3.05, 3.63) is 11.1 Å². The van der Waals surface area contributed by atoms with Crippen molar-refractivity contribution in [3.63, 3.8) is 0 Å². The van der Waals surface area contributed by atoms with Gasteiger partial charge in [-0.05, 0) is 25.8 Å². The van der Waals surface area contributed by atoms with E-state index in [0.717, 1.165) is 12.0 Å². The van der Waals surface area contributed by atoms with E-state index >= 15 is 0 Å². The first-order valence-corrected chi connectivity index (χ1v) is 3.67. The Morgan fingerprint density at radius 3 is 2.40 bits per heavy atom. The van der Waals surface area contributed by atoms with Gasteiger partial charge in [0, 0.05) is 11.6 Å². The maximum atomic E-state index is 11.0. The number of hydrogen-bond donors (Lipinski definition) is 1. The molecule has 1 atom stereocenters. The molecule has 0 saturated carbocycles. The molecular formula is C8H13NO. The second kappa shape index (κ2) is 2.45. The zero-order valence-corrected chi connectivity index (χ0v) is 6.69. The maximum Gasteiger partial charge on any atom is 0.247 e. The molecule has 56 valence electrons. The van der Waals surface area contributed by atoms with E-state index in [0.29, 0.717) is 0 Å². The van der Waals surface area contributed by atoms with Gasteiger partial charge in [-0.1, -0.05) is 6.92 Å². The fourth-order valence-electron chi connectivity index (χ4n) is 1.43. The third-order valence-electron chi connectivity index (χ3n) is 2.07. The highest BCUT2D eigenvalue weighted by molar-refractivity contribution is 5.96. The zero-order valence-electron chi connectivity index (χ0n) is 6.69. The lowest BCUT2D eigenvalue weighted by atomic mass is 10.1. The number of rotatable bonds is 1. The summed E-state index contributed by atoms with van der Waals surface area (Å²) in [6.07, 6.45) is 0.978. The van der Waals surface area contributed by atoms with Crippen LogP contribution in [0.15, 0.2) is 11.1 Å². The third-order valence-corrected chi connectivity index (χ3v) is 2.07. The second-order valence-electron chi connectivity index (χ2n) is 2.70. The molecule has 0 fully saturated rings. The highest BCUT2D eigenvalue weighted by Gasteiger charge is 2.23. The SMILES string of the molecule is CCC1=C(C)C(=O)NC1C. The molecule has 0 bridgehead atoms. The quantitative estimate of drug-likeness (QED) is 0.581. The summed E-state index contributed by atoms with van der Waals surface area (Å²) >= 11 is 0. The topological polar surface area (TPSA) is 29.1 Å². The molecule has 1 amide bonds. The van der Waals surface area contributed by atoms with Crippen molar-refractivity contribution in [1.29, 1.82) is 0 Å². The summed E-state index contributed by atoms with van der Waals surface area (Å²) in [7, 11) is 0. The van der Waals surface area contributed by atoms with Gasteiger partial charge < -0.3 is 5.32 Å². The van der Waals surface area contributed by atoms with Crippen LogP contribution >= 0.6 is 0 Å². The lowest BCUT2D eigenvalue weighted by Crippen LogP contribution is -2.25. The largest absolute Gasteiger partial charge is 0.346 e. The maximum absolute atomic E-state index is 11.0. The molecule has 2 heteroatoms. The van der Waals surface area contributed by atoms with Crippen molar-refractivity contribution in [1.82, 2.24) is 5.32 Å². The van der Waals surface area contributed by atoms with Crippen LogP contribution in [-0.4, -0.2) is 11.9 Å². The highest BCUT2D eigenvalue weighted by atomic mass is 16.2. The van der Waals surface area contributed by atoms with Crippen LogP contribution < -0.4 is 5.32 Å². The normalized spacial score (nSPS) is 25.5. The van der Waals surface area contributed by atoms with E-state index in [2.05, 4.69) is 12.2 Å². The average Bonchev–Trinajstić information content (AvgIpc) is 2.09. The summed E-state index contributed by atoms with van der Waals surface area (Å²) in [6, 6.07) is 0.262. The summed E-state index contributed by atoms with van der Waals surface area (Å²) in [5, 5.41) is 2.85. The van der Waals surface area contributed by atoms with Crippen LogP contribution in [0.5, 0.6) is 0 Å².